The molecule has 1 aliphatic rings. The van der Waals surface area contributed by atoms with Crippen LogP contribution in [0.5, 0.6) is 5.75 Å². The van der Waals surface area contributed by atoms with Crippen molar-refractivity contribution in [3.63, 3.8) is 0 Å². The van der Waals surface area contributed by atoms with E-state index in [1.54, 1.807) is 7.11 Å². The van der Waals surface area contributed by atoms with Gasteiger partial charge in [-0.1, -0.05) is 12.1 Å². The number of nitrogens with zero attached hydrogens (tertiary/aromatic N) is 3. The molecule has 5 heteroatoms. The molecule has 2 N–H and O–H groups in total. The maximum absolute atomic E-state index is 5.98. The SMILES string of the molecule is COc1ccc(C2CN=C(N)N2CCN(C)C)cc1. The van der Waals surface area contributed by atoms with Crippen molar-refractivity contribution >= 4 is 5.96 Å². The summed E-state index contributed by atoms with van der Waals surface area (Å²) in [6.07, 6.45) is 0. The number of rotatable bonds is 5. The summed E-state index contributed by atoms with van der Waals surface area (Å²) < 4.78 is 5.19. The number of guanidine groups is 1. The summed E-state index contributed by atoms with van der Waals surface area (Å²) in [4.78, 5) is 8.68. The summed E-state index contributed by atoms with van der Waals surface area (Å²) in [6.45, 7) is 2.58. The predicted molar refractivity (Wildman–Crippen MR) is 77.5 cm³/mol. The summed E-state index contributed by atoms with van der Waals surface area (Å²) >= 11 is 0. The Bertz CT molecular complexity index is 441. The first-order chi connectivity index (χ1) is 9.11. The van der Waals surface area contributed by atoms with Gasteiger partial charge in [-0.3, -0.25) is 4.99 Å². The number of aliphatic imine (C=N–C) groups is 1. The van der Waals surface area contributed by atoms with E-state index in [2.05, 4.69) is 41.0 Å². The van der Waals surface area contributed by atoms with Crippen molar-refractivity contribution < 1.29 is 4.74 Å². The van der Waals surface area contributed by atoms with E-state index < -0.39 is 0 Å². The smallest absolute Gasteiger partial charge is 0.191 e. The molecule has 0 bridgehead atoms. The van der Waals surface area contributed by atoms with Gasteiger partial charge >= 0.3 is 0 Å². The van der Waals surface area contributed by atoms with Crippen LogP contribution in [-0.2, 0) is 0 Å². The zero-order valence-electron chi connectivity index (χ0n) is 11.8. The van der Waals surface area contributed by atoms with Crippen molar-refractivity contribution in [3.8, 4) is 5.75 Å². The van der Waals surface area contributed by atoms with E-state index in [0.717, 1.165) is 25.4 Å². The zero-order chi connectivity index (χ0) is 13.8. The summed E-state index contributed by atoms with van der Waals surface area (Å²) in [5, 5.41) is 0. The molecule has 1 aromatic rings. The van der Waals surface area contributed by atoms with Crippen LogP contribution in [-0.4, -0.2) is 56.6 Å². The zero-order valence-corrected chi connectivity index (χ0v) is 11.8. The van der Waals surface area contributed by atoms with E-state index in [-0.39, 0.29) is 6.04 Å². The van der Waals surface area contributed by atoms with E-state index in [0.29, 0.717) is 5.96 Å². The molecule has 104 valence electrons. The molecule has 0 aromatic heterocycles. The molecule has 1 heterocycles. The van der Waals surface area contributed by atoms with Crippen LogP contribution in [0.25, 0.3) is 0 Å². The first-order valence-corrected chi connectivity index (χ1v) is 6.47. The first kappa shape index (κ1) is 13.7. The van der Waals surface area contributed by atoms with Gasteiger partial charge in [0.25, 0.3) is 0 Å². The van der Waals surface area contributed by atoms with Gasteiger partial charge in [0.05, 0.1) is 19.7 Å². The molecule has 1 aromatic carbocycles. The van der Waals surface area contributed by atoms with Crippen LogP contribution in [0.1, 0.15) is 11.6 Å². The quantitative estimate of drug-likeness (QED) is 0.857. The van der Waals surface area contributed by atoms with Crippen molar-refractivity contribution in [2.45, 2.75) is 6.04 Å². The van der Waals surface area contributed by atoms with E-state index in [1.165, 1.54) is 5.56 Å². The number of benzene rings is 1. The maximum Gasteiger partial charge on any atom is 0.191 e. The molecule has 1 unspecified atom stereocenters. The van der Waals surface area contributed by atoms with Crippen LogP contribution in [0, 0.1) is 0 Å². The molecular weight excluding hydrogens is 240 g/mol. The Balaban J connectivity index is 2.09. The summed E-state index contributed by atoms with van der Waals surface area (Å²) in [5.41, 5.74) is 7.21. The van der Waals surface area contributed by atoms with Crippen molar-refractivity contribution in [2.75, 3.05) is 40.8 Å². The summed E-state index contributed by atoms with van der Waals surface area (Å²) in [6, 6.07) is 8.37. The van der Waals surface area contributed by atoms with Crippen LogP contribution in [0.4, 0.5) is 0 Å². The van der Waals surface area contributed by atoms with Gasteiger partial charge in [0, 0.05) is 13.1 Å². The van der Waals surface area contributed by atoms with Crippen molar-refractivity contribution in [2.24, 2.45) is 10.7 Å². The Morgan fingerprint density at radius 1 is 1.37 bits per heavy atom. The highest BCUT2D eigenvalue weighted by Gasteiger charge is 2.27. The lowest BCUT2D eigenvalue weighted by molar-refractivity contribution is 0.293. The third-order valence-electron chi connectivity index (χ3n) is 3.39. The molecule has 1 atom stereocenters. The average molecular weight is 262 g/mol. The number of methoxy groups -OCH3 is 1. The highest BCUT2D eigenvalue weighted by molar-refractivity contribution is 5.80. The third-order valence-corrected chi connectivity index (χ3v) is 3.39. The van der Waals surface area contributed by atoms with Crippen molar-refractivity contribution in [3.05, 3.63) is 29.8 Å². The lowest BCUT2D eigenvalue weighted by Gasteiger charge is -2.27. The van der Waals surface area contributed by atoms with Crippen LogP contribution < -0.4 is 10.5 Å². The topological polar surface area (TPSA) is 54.1 Å². The molecule has 5 nitrogen and oxygen atoms in total. The van der Waals surface area contributed by atoms with E-state index in [9.17, 15) is 0 Å². The Morgan fingerprint density at radius 3 is 2.63 bits per heavy atom. The van der Waals surface area contributed by atoms with Crippen LogP contribution in [0.2, 0.25) is 0 Å². The molecule has 2 rings (SSSR count). The number of likely N-dealkylation sites (N-methyl/N-ethyl adjacent to an activating group) is 1. The Morgan fingerprint density at radius 2 is 2.05 bits per heavy atom. The maximum atomic E-state index is 5.98. The summed E-state index contributed by atoms with van der Waals surface area (Å²) in [7, 11) is 5.80. The highest BCUT2D eigenvalue weighted by atomic mass is 16.5. The van der Waals surface area contributed by atoms with Gasteiger partial charge in [0.2, 0.25) is 0 Å². The fourth-order valence-corrected chi connectivity index (χ4v) is 2.22. The van der Waals surface area contributed by atoms with Crippen LogP contribution in [0.3, 0.4) is 0 Å². The van der Waals surface area contributed by atoms with Crippen LogP contribution >= 0.6 is 0 Å². The minimum Gasteiger partial charge on any atom is -0.497 e. The first-order valence-electron chi connectivity index (χ1n) is 6.47. The lowest BCUT2D eigenvalue weighted by atomic mass is 10.1. The number of hydrogen-bond acceptors (Lipinski definition) is 5. The lowest BCUT2D eigenvalue weighted by Crippen LogP contribution is -2.40. The van der Waals surface area contributed by atoms with Gasteiger partial charge in [-0.25, -0.2) is 0 Å². The fourth-order valence-electron chi connectivity index (χ4n) is 2.22. The molecular formula is C14H22N4O. The largest absolute Gasteiger partial charge is 0.497 e. The fraction of sp³-hybridized carbons (Fsp3) is 0.500. The molecule has 0 fully saturated rings. The molecule has 19 heavy (non-hydrogen) atoms. The number of ether oxygens (including phenoxy) is 1. The number of hydrogen-bond donors (Lipinski definition) is 1. The van der Waals surface area contributed by atoms with Gasteiger partial charge < -0.3 is 20.3 Å². The molecule has 1 aliphatic heterocycles. The van der Waals surface area contributed by atoms with E-state index in [4.69, 9.17) is 10.5 Å². The third kappa shape index (κ3) is 3.17. The van der Waals surface area contributed by atoms with E-state index in [1.807, 2.05) is 12.1 Å². The monoisotopic (exact) mass is 262 g/mol. The molecule has 0 saturated carbocycles. The van der Waals surface area contributed by atoms with Gasteiger partial charge in [-0.05, 0) is 31.8 Å². The van der Waals surface area contributed by atoms with Crippen LogP contribution in [0.15, 0.2) is 29.3 Å². The normalized spacial score (nSPS) is 18.8. The Labute approximate surface area is 114 Å². The standard InChI is InChI=1S/C14H22N4O/c1-17(2)8-9-18-13(10-16-14(18)15)11-4-6-12(19-3)7-5-11/h4-7,13H,8-10H2,1-3H3,(H2,15,16). The molecule has 0 amide bonds. The molecule has 0 spiro atoms. The highest BCUT2D eigenvalue weighted by Crippen LogP contribution is 2.26. The second kappa shape index (κ2) is 5.93. The minimum absolute atomic E-state index is 0.242. The van der Waals surface area contributed by atoms with Crippen molar-refractivity contribution in [1.82, 2.24) is 9.80 Å². The average Bonchev–Trinajstić information content (AvgIpc) is 2.78. The predicted octanol–water partition coefficient (Wildman–Crippen LogP) is 0.928. The van der Waals surface area contributed by atoms with Gasteiger partial charge in [0.1, 0.15) is 5.75 Å². The molecule has 0 radical (unpaired) electrons. The molecule has 0 aliphatic carbocycles. The second-order valence-corrected chi connectivity index (χ2v) is 4.98. The van der Waals surface area contributed by atoms with Gasteiger partial charge in [0.15, 0.2) is 5.96 Å². The van der Waals surface area contributed by atoms with E-state index >= 15 is 0 Å². The Kier molecular flexibility index (Phi) is 4.27. The molecule has 0 saturated heterocycles. The summed E-state index contributed by atoms with van der Waals surface area (Å²) in [5.74, 6) is 1.51. The van der Waals surface area contributed by atoms with Gasteiger partial charge in [-0.15, -0.1) is 0 Å². The minimum atomic E-state index is 0.242. The second-order valence-electron chi connectivity index (χ2n) is 4.98. The van der Waals surface area contributed by atoms with Gasteiger partial charge in [-0.2, -0.15) is 0 Å². The van der Waals surface area contributed by atoms with Crippen molar-refractivity contribution in [1.29, 1.82) is 0 Å². The number of nitrogens with two attached hydrogens (primary N) is 1. The Hall–Kier alpha value is -1.75.